The lowest BCUT2D eigenvalue weighted by Crippen LogP contribution is -2.29. The molecule has 18 heavy (non-hydrogen) atoms. The molecule has 0 aliphatic rings. The van der Waals surface area contributed by atoms with Gasteiger partial charge in [0.1, 0.15) is 5.82 Å². The Bertz CT molecular complexity index is 429. The molecule has 0 bridgehead atoms. The maximum absolute atomic E-state index is 8.74. The van der Waals surface area contributed by atoms with Gasteiger partial charge in [-0.05, 0) is 29.3 Å². The highest BCUT2D eigenvalue weighted by Gasteiger charge is 2.15. The third-order valence-corrected chi connectivity index (χ3v) is 3.20. The Morgan fingerprint density at radius 1 is 1.61 bits per heavy atom. The van der Waals surface area contributed by atoms with Crippen molar-refractivity contribution in [1.82, 2.24) is 9.97 Å². The standard InChI is InChI=1S/C12H18BrN5/c1-4-7-15-12-16-8-10(13)11(17-12)18(3)9(2)5-6-14/h8-9H,4-5,7H2,1-3H3,(H,15,16,17). The summed E-state index contributed by atoms with van der Waals surface area (Å²) in [6, 6.07) is 2.28. The maximum atomic E-state index is 8.74. The molecule has 1 aromatic heterocycles. The number of hydrogen-bond donors (Lipinski definition) is 1. The number of rotatable bonds is 6. The van der Waals surface area contributed by atoms with Gasteiger partial charge in [0.15, 0.2) is 0 Å². The first-order chi connectivity index (χ1) is 8.60. The number of anilines is 2. The van der Waals surface area contributed by atoms with Crippen LogP contribution in [0.4, 0.5) is 11.8 Å². The number of nitrogens with one attached hydrogen (secondary N) is 1. The van der Waals surface area contributed by atoms with Crippen LogP contribution in [-0.4, -0.2) is 29.6 Å². The maximum Gasteiger partial charge on any atom is 0.224 e. The molecule has 0 aliphatic heterocycles. The molecule has 0 saturated carbocycles. The van der Waals surface area contributed by atoms with Crippen molar-refractivity contribution in [3.05, 3.63) is 10.7 Å². The molecule has 6 heteroatoms. The van der Waals surface area contributed by atoms with Gasteiger partial charge in [-0.25, -0.2) is 4.98 Å². The lowest BCUT2D eigenvalue weighted by Gasteiger charge is -2.25. The van der Waals surface area contributed by atoms with Gasteiger partial charge in [0, 0.05) is 25.8 Å². The van der Waals surface area contributed by atoms with Crippen LogP contribution in [0, 0.1) is 11.3 Å². The van der Waals surface area contributed by atoms with E-state index in [1.54, 1.807) is 6.20 Å². The van der Waals surface area contributed by atoms with E-state index in [1.807, 2.05) is 18.9 Å². The molecule has 0 amide bonds. The molecule has 1 atom stereocenters. The zero-order chi connectivity index (χ0) is 13.5. The SMILES string of the molecule is CCCNc1ncc(Br)c(N(C)C(C)CC#N)n1. The molecule has 98 valence electrons. The van der Waals surface area contributed by atoms with Crippen LogP contribution in [-0.2, 0) is 0 Å². The van der Waals surface area contributed by atoms with Crippen LogP contribution in [0.3, 0.4) is 0 Å². The van der Waals surface area contributed by atoms with Crippen molar-refractivity contribution >= 4 is 27.7 Å². The highest BCUT2D eigenvalue weighted by molar-refractivity contribution is 9.10. The molecule has 0 radical (unpaired) electrons. The molecular formula is C12H18BrN5. The summed E-state index contributed by atoms with van der Waals surface area (Å²) in [7, 11) is 1.93. The third-order valence-electron chi connectivity index (χ3n) is 2.64. The second-order valence-corrected chi connectivity index (χ2v) is 4.97. The number of aromatic nitrogens is 2. The first-order valence-electron chi connectivity index (χ1n) is 5.96. The van der Waals surface area contributed by atoms with Crippen molar-refractivity contribution in [3.63, 3.8) is 0 Å². The number of nitrogens with zero attached hydrogens (tertiary/aromatic N) is 4. The van der Waals surface area contributed by atoms with E-state index < -0.39 is 0 Å². The van der Waals surface area contributed by atoms with Crippen molar-refractivity contribution in [1.29, 1.82) is 5.26 Å². The van der Waals surface area contributed by atoms with E-state index in [9.17, 15) is 0 Å². The van der Waals surface area contributed by atoms with Crippen LogP contribution < -0.4 is 10.2 Å². The fourth-order valence-corrected chi connectivity index (χ4v) is 1.88. The van der Waals surface area contributed by atoms with E-state index in [2.05, 4.69) is 44.2 Å². The van der Waals surface area contributed by atoms with E-state index in [4.69, 9.17) is 5.26 Å². The fraction of sp³-hybridized carbons (Fsp3) is 0.583. The van der Waals surface area contributed by atoms with Gasteiger partial charge in [-0.2, -0.15) is 10.2 Å². The third kappa shape index (κ3) is 3.84. The Kier molecular flexibility index (Phi) is 5.86. The highest BCUT2D eigenvalue weighted by Crippen LogP contribution is 2.25. The molecule has 1 heterocycles. The minimum absolute atomic E-state index is 0.111. The smallest absolute Gasteiger partial charge is 0.224 e. The minimum Gasteiger partial charge on any atom is -0.355 e. The molecule has 1 aromatic rings. The van der Waals surface area contributed by atoms with Crippen molar-refractivity contribution in [2.45, 2.75) is 32.7 Å². The van der Waals surface area contributed by atoms with E-state index in [0.717, 1.165) is 23.3 Å². The Hall–Kier alpha value is -1.35. The van der Waals surface area contributed by atoms with E-state index in [0.29, 0.717) is 12.4 Å². The topological polar surface area (TPSA) is 64.8 Å². The van der Waals surface area contributed by atoms with Crippen molar-refractivity contribution in [2.24, 2.45) is 0 Å². The molecule has 1 N–H and O–H groups in total. The van der Waals surface area contributed by atoms with Crippen LogP contribution >= 0.6 is 15.9 Å². The Labute approximate surface area is 116 Å². The van der Waals surface area contributed by atoms with Crippen molar-refractivity contribution in [3.8, 4) is 6.07 Å². The summed E-state index contributed by atoms with van der Waals surface area (Å²) < 4.78 is 0.830. The van der Waals surface area contributed by atoms with Crippen LogP contribution in [0.2, 0.25) is 0 Å². The van der Waals surface area contributed by atoms with Crippen LogP contribution in [0.25, 0.3) is 0 Å². The Morgan fingerprint density at radius 3 is 2.94 bits per heavy atom. The summed E-state index contributed by atoms with van der Waals surface area (Å²) in [6.45, 7) is 4.93. The van der Waals surface area contributed by atoms with E-state index in [1.165, 1.54) is 0 Å². The number of halogens is 1. The minimum atomic E-state index is 0.111. The molecular weight excluding hydrogens is 294 g/mol. The first kappa shape index (κ1) is 14.7. The average molecular weight is 312 g/mol. The Balaban J connectivity index is 2.89. The highest BCUT2D eigenvalue weighted by atomic mass is 79.9. The summed E-state index contributed by atoms with van der Waals surface area (Å²) in [5.41, 5.74) is 0. The van der Waals surface area contributed by atoms with Crippen molar-refractivity contribution in [2.75, 3.05) is 23.8 Å². The van der Waals surface area contributed by atoms with Gasteiger partial charge in [0.2, 0.25) is 5.95 Å². The van der Waals surface area contributed by atoms with Crippen LogP contribution in [0.1, 0.15) is 26.7 Å². The normalized spacial score (nSPS) is 11.7. The van der Waals surface area contributed by atoms with Gasteiger partial charge in [0.05, 0.1) is 17.0 Å². The predicted octanol–water partition coefficient (Wildman–Crippen LogP) is 2.80. The van der Waals surface area contributed by atoms with Gasteiger partial charge in [-0.3, -0.25) is 0 Å². The average Bonchev–Trinajstić information content (AvgIpc) is 2.37. The lowest BCUT2D eigenvalue weighted by atomic mass is 10.2. The molecule has 0 aliphatic carbocycles. The molecule has 1 rings (SSSR count). The Morgan fingerprint density at radius 2 is 2.33 bits per heavy atom. The van der Waals surface area contributed by atoms with Gasteiger partial charge >= 0.3 is 0 Å². The molecule has 0 aromatic carbocycles. The summed E-state index contributed by atoms with van der Waals surface area (Å²) in [6.07, 6.45) is 3.22. The second kappa shape index (κ2) is 7.17. The quantitative estimate of drug-likeness (QED) is 0.875. The molecule has 1 unspecified atom stereocenters. The van der Waals surface area contributed by atoms with E-state index >= 15 is 0 Å². The van der Waals surface area contributed by atoms with Crippen molar-refractivity contribution < 1.29 is 0 Å². The van der Waals surface area contributed by atoms with Gasteiger partial charge in [0.25, 0.3) is 0 Å². The summed E-state index contributed by atoms with van der Waals surface area (Å²) >= 11 is 3.44. The van der Waals surface area contributed by atoms with Crippen LogP contribution in [0.5, 0.6) is 0 Å². The zero-order valence-electron chi connectivity index (χ0n) is 10.9. The van der Waals surface area contributed by atoms with Gasteiger partial charge < -0.3 is 10.2 Å². The van der Waals surface area contributed by atoms with Gasteiger partial charge in [-0.15, -0.1) is 0 Å². The largest absolute Gasteiger partial charge is 0.355 e. The van der Waals surface area contributed by atoms with E-state index in [-0.39, 0.29) is 6.04 Å². The molecule has 0 spiro atoms. The lowest BCUT2D eigenvalue weighted by molar-refractivity contribution is 0.691. The number of hydrogen-bond acceptors (Lipinski definition) is 5. The summed E-state index contributed by atoms with van der Waals surface area (Å²) in [5.74, 6) is 1.41. The molecule has 0 saturated heterocycles. The molecule has 5 nitrogen and oxygen atoms in total. The predicted molar refractivity (Wildman–Crippen MR) is 76.6 cm³/mol. The molecule has 0 fully saturated rings. The fourth-order valence-electron chi connectivity index (χ4n) is 1.41. The monoisotopic (exact) mass is 311 g/mol. The first-order valence-corrected chi connectivity index (χ1v) is 6.75. The van der Waals surface area contributed by atoms with Crippen LogP contribution in [0.15, 0.2) is 10.7 Å². The zero-order valence-corrected chi connectivity index (χ0v) is 12.5. The van der Waals surface area contributed by atoms with Gasteiger partial charge in [-0.1, -0.05) is 6.92 Å². The summed E-state index contributed by atoms with van der Waals surface area (Å²) in [5, 5.41) is 11.9. The second-order valence-electron chi connectivity index (χ2n) is 4.11. The number of nitriles is 1. The summed E-state index contributed by atoms with van der Waals surface area (Å²) in [4.78, 5) is 10.6.